The molecule has 0 radical (unpaired) electrons. The summed E-state index contributed by atoms with van der Waals surface area (Å²) in [7, 11) is 0. The molecule has 9 nitrogen and oxygen atoms in total. The fourth-order valence-electron chi connectivity index (χ4n) is 1.40. The lowest BCUT2D eigenvalue weighted by atomic mass is 10.2. The van der Waals surface area contributed by atoms with Crippen molar-refractivity contribution in [3.05, 3.63) is 0 Å². The summed E-state index contributed by atoms with van der Waals surface area (Å²) >= 11 is 0. The van der Waals surface area contributed by atoms with Gasteiger partial charge in [0.05, 0.1) is 12.8 Å². The first-order valence-electron chi connectivity index (χ1n) is 5.92. The second-order valence-electron chi connectivity index (χ2n) is 5.18. The number of hydroxylamine groups is 4. The van der Waals surface area contributed by atoms with E-state index in [-0.39, 0.29) is 12.8 Å². The van der Waals surface area contributed by atoms with Crippen molar-refractivity contribution in [3.8, 4) is 0 Å². The van der Waals surface area contributed by atoms with E-state index < -0.39 is 40.8 Å². The number of imide groups is 1. The molecule has 0 aliphatic carbocycles. The molecule has 1 saturated heterocycles. The van der Waals surface area contributed by atoms with Crippen molar-refractivity contribution in [2.24, 2.45) is 0 Å². The summed E-state index contributed by atoms with van der Waals surface area (Å²) < 4.78 is 4.87. The summed E-state index contributed by atoms with van der Waals surface area (Å²) in [4.78, 5) is 47.6. The molecular weight excluding hydrogens is 272 g/mol. The minimum absolute atomic E-state index is 0.206. The van der Waals surface area contributed by atoms with E-state index in [4.69, 9.17) is 4.74 Å². The summed E-state index contributed by atoms with van der Waals surface area (Å²) in [5.74, 6) is -3.00. The van der Waals surface area contributed by atoms with Crippen LogP contribution >= 0.6 is 0 Å². The lowest BCUT2D eigenvalue weighted by Gasteiger charge is -2.20. The van der Waals surface area contributed by atoms with Crippen molar-refractivity contribution in [1.82, 2.24) is 5.32 Å². The first-order valence-corrected chi connectivity index (χ1v) is 5.92. The Balaban J connectivity index is 2.47. The number of carbonyl (C=O) groups is 4. The minimum Gasteiger partial charge on any atom is -0.444 e. The fourth-order valence-corrected chi connectivity index (χ4v) is 1.40. The van der Waals surface area contributed by atoms with Crippen LogP contribution in [0.2, 0.25) is 0 Å². The number of hydrogen-bond donors (Lipinski definition) is 2. The first-order chi connectivity index (χ1) is 9.04. The predicted molar refractivity (Wildman–Crippen MR) is 61.6 cm³/mol. The van der Waals surface area contributed by atoms with E-state index in [2.05, 4.69) is 10.2 Å². The van der Waals surface area contributed by atoms with Crippen LogP contribution in [0.15, 0.2) is 0 Å². The van der Waals surface area contributed by atoms with Crippen molar-refractivity contribution in [2.45, 2.75) is 39.2 Å². The van der Waals surface area contributed by atoms with Crippen LogP contribution in [0.5, 0.6) is 0 Å². The van der Waals surface area contributed by atoms with Crippen molar-refractivity contribution < 1.29 is 38.8 Å². The van der Waals surface area contributed by atoms with Crippen LogP contribution in [0.25, 0.3) is 0 Å². The van der Waals surface area contributed by atoms with Crippen LogP contribution in [0.1, 0.15) is 33.6 Å². The molecule has 0 aromatic rings. The van der Waals surface area contributed by atoms with Gasteiger partial charge in [0.25, 0.3) is 0 Å². The number of nitrogens with one attached hydrogen (secondary N) is 1. The zero-order valence-corrected chi connectivity index (χ0v) is 11.5. The van der Waals surface area contributed by atoms with E-state index in [0.717, 1.165) is 0 Å². The van der Waals surface area contributed by atoms with Gasteiger partial charge in [-0.2, -0.15) is 5.21 Å². The second-order valence-corrected chi connectivity index (χ2v) is 5.18. The number of alkyl carbamates (subject to hydrolysis) is 1. The molecule has 1 aliphatic heterocycles. The van der Waals surface area contributed by atoms with E-state index in [1.165, 1.54) is 0 Å². The Morgan fingerprint density at radius 3 is 2.20 bits per heavy atom. The zero-order valence-electron chi connectivity index (χ0n) is 11.5. The lowest BCUT2D eigenvalue weighted by Crippen LogP contribution is -2.52. The Kier molecular flexibility index (Phi) is 4.46. The van der Waals surface area contributed by atoms with Gasteiger partial charge in [-0.3, -0.25) is 0 Å². The van der Waals surface area contributed by atoms with E-state index in [1.54, 1.807) is 20.8 Å². The monoisotopic (exact) mass is 289 g/mol. The van der Waals surface area contributed by atoms with Gasteiger partial charge in [0.15, 0.2) is 0 Å². The molecule has 1 fully saturated rings. The normalized spacial score (nSPS) is 17.8. The largest absolute Gasteiger partial charge is 0.444 e. The van der Waals surface area contributed by atoms with Crippen molar-refractivity contribution in [3.63, 3.8) is 0 Å². The molecule has 0 aromatic carbocycles. The molecule has 0 unspecified atom stereocenters. The smallest absolute Gasteiger partial charge is 0.408 e. The Hall–Kier alpha value is -2.00. The van der Waals surface area contributed by atoms with Crippen LogP contribution in [-0.4, -0.2) is 46.0 Å². The molecule has 0 aromatic heterocycles. The minimum atomic E-state index is -2.01. The lowest BCUT2D eigenvalue weighted by molar-refractivity contribution is -1.12. The van der Waals surface area contributed by atoms with Crippen LogP contribution in [0.3, 0.4) is 0 Å². The molecule has 1 aliphatic rings. The number of nitrogens with zero attached hydrogens (tertiary/aromatic N) is 1. The first kappa shape index (κ1) is 16.1. The Bertz CT molecular complexity index is 436. The van der Waals surface area contributed by atoms with E-state index in [0.29, 0.717) is 0 Å². The summed E-state index contributed by atoms with van der Waals surface area (Å²) in [6, 6.07) is 0. The maximum Gasteiger partial charge on any atom is 0.408 e. The third-order valence-corrected chi connectivity index (χ3v) is 2.24. The highest BCUT2D eigenvalue weighted by Crippen LogP contribution is 2.20. The highest BCUT2D eigenvalue weighted by atomic mass is 17.0. The van der Waals surface area contributed by atoms with E-state index >= 15 is 0 Å². The topological polar surface area (TPSA) is 119 Å². The standard InChI is InChI=1S/C11H16N2O7/c1-11(2,3)19-10(17)12-6-9(16)20-13(18)7(14)4-5-8(13)15/h18H,4-6H2,1-3H3/p+1. The summed E-state index contributed by atoms with van der Waals surface area (Å²) in [5.41, 5.74) is -0.736. The number of amides is 3. The quantitative estimate of drug-likeness (QED) is 0.427. The van der Waals surface area contributed by atoms with Crippen LogP contribution < -0.4 is 5.32 Å². The van der Waals surface area contributed by atoms with Gasteiger partial charge in [-0.05, 0) is 20.8 Å². The molecule has 9 heteroatoms. The fraction of sp³-hybridized carbons (Fsp3) is 0.636. The number of carbonyl (C=O) groups excluding carboxylic acids is 4. The van der Waals surface area contributed by atoms with Crippen LogP contribution in [0.4, 0.5) is 4.79 Å². The Labute approximate surface area is 114 Å². The SMILES string of the molecule is CC(C)(C)OC(=O)NCC(=O)O[N+]1(O)C(=O)CCC1=O. The van der Waals surface area contributed by atoms with Gasteiger partial charge < -0.3 is 10.1 Å². The van der Waals surface area contributed by atoms with Gasteiger partial charge in [0.1, 0.15) is 17.0 Å². The average Bonchev–Trinajstić information content (AvgIpc) is 2.52. The molecule has 0 spiro atoms. The summed E-state index contributed by atoms with van der Waals surface area (Å²) in [6.07, 6.45) is -1.28. The van der Waals surface area contributed by atoms with E-state index in [1.807, 2.05) is 0 Å². The second kappa shape index (κ2) is 5.55. The van der Waals surface area contributed by atoms with Gasteiger partial charge in [-0.15, -0.1) is 0 Å². The zero-order chi connectivity index (χ0) is 15.6. The maximum absolute atomic E-state index is 11.4. The molecular formula is C11H17N2O7+. The number of ether oxygens (including phenoxy) is 1. The molecule has 112 valence electrons. The molecule has 1 heterocycles. The molecule has 20 heavy (non-hydrogen) atoms. The Morgan fingerprint density at radius 1 is 1.25 bits per heavy atom. The van der Waals surface area contributed by atoms with Crippen LogP contribution in [-0.2, 0) is 24.0 Å². The van der Waals surface area contributed by atoms with E-state index in [9.17, 15) is 24.4 Å². The molecule has 0 bridgehead atoms. The van der Waals surface area contributed by atoms with Crippen molar-refractivity contribution in [2.75, 3.05) is 6.54 Å². The van der Waals surface area contributed by atoms with Crippen molar-refractivity contribution in [1.29, 1.82) is 0 Å². The molecule has 3 amide bonds. The van der Waals surface area contributed by atoms with Gasteiger partial charge >= 0.3 is 23.9 Å². The highest BCUT2D eigenvalue weighted by molar-refractivity contribution is 5.91. The van der Waals surface area contributed by atoms with Gasteiger partial charge in [0, 0.05) is 0 Å². The molecule has 2 N–H and O–H groups in total. The maximum atomic E-state index is 11.4. The number of quaternary nitrogens is 1. The number of rotatable bonds is 3. The molecule has 0 atom stereocenters. The van der Waals surface area contributed by atoms with Gasteiger partial charge in [-0.1, -0.05) is 0 Å². The predicted octanol–water partition coefficient (Wildman–Crippen LogP) is 0.0223. The van der Waals surface area contributed by atoms with Crippen LogP contribution in [0, 0.1) is 0 Å². The summed E-state index contributed by atoms with van der Waals surface area (Å²) in [5, 5.41) is 11.7. The molecule has 0 saturated carbocycles. The van der Waals surface area contributed by atoms with Crippen molar-refractivity contribution >= 4 is 23.9 Å². The third-order valence-electron chi connectivity index (χ3n) is 2.24. The molecule has 1 rings (SSSR count). The van der Waals surface area contributed by atoms with Gasteiger partial charge in [-0.25, -0.2) is 24.0 Å². The third kappa shape index (κ3) is 4.00. The average molecular weight is 289 g/mol. The highest BCUT2D eigenvalue weighted by Gasteiger charge is 2.55. The number of hydrogen-bond acceptors (Lipinski definition) is 7. The Morgan fingerprint density at radius 2 is 1.75 bits per heavy atom. The summed E-state index contributed by atoms with van der Waals surface area (Å²) in [6.45, 7) is 4.27. The van der Waals surface area contributed by atoms with Gasteiger partial charge in [0.2, 0.25) is 0 Å².